The highest BCUT2D eigenvalue weighted by atomic mass is 16.7. The second kappa shape index (κ2) is 21.3. The van der Waals surface area contributed by atoms with E-state index < -0.39 is 205 Å². The molecule has 0 amide bonds. The summed E-state index contributed by atoms with van der Waals surface area (Å²) in [5, 5.41) is 173. The molecule has 1 aliphatic rings. The molecule has 1 saturated heterocycles. The van der Waals surface area contributed by atoms with Gasteiger partial charge in [-0.25, -0.2) is 24.0 Å². The molecule has 17 N–H and O–H groups in total. The third-order valence-electron chi connectivity index (χ3n) is 11.0. The van der Waals surface area contributed by atoms with Gasteiger partial charge in [0, 0.05) is 0 Å². The van der Waals surface area contributed by atoms with Crippen LogP contribution in [-0.4, -0.2) is 154 Å². The fourth-order valence-corrected chi connectivity index (χ4v) is 7.16. The monoisotopic (exact) mass is 1080 g/mol. The first-order chi connectivity index (χ1) is 36.2. The van der Waals surface area contributed by atoms with Crippen molar-refractivity contribution in [2.45, 2.75) is 37.3 Å². The fraction of sp³-hybridized carbons (Fsp3) is 0.146. The molecule has 404 valence electrons. The number of hydrogen-bond acceptors (Lipinski definition) is 29. The molecule has 5 atom stereocenters. The minimum atomic E-state index is -2.49. The number of aromatic hydroxyl groups is 17. The van der Waals surface area contributed by atoms with E-state index in [1.165, 1.54) is 0 Å². The van der Waals surface area contributed by atoms with Crippen molar-refractivity contribution in [3.8, 4) is 103 Å². The lowest BCUT2D eigenvalue weighted by atomic mass is 9.97. The molecule has 29 heteroatoms. The van der Waals surface area contributed by atoms with Gasteiger partial charge in [0.15, 0.2) is 110 Å². The van der Waals surface area contributed by atoms with Crippen LogP contribution in [0, 0.1) is 0 Å². The zero-order valence-electron chi connectivity index (χ0n) is 38.2. The number of phenolic OH excluding ortho intramolecular Hbond substituents is 17. The van der Waals surface area contributed by atoms with Crippen LogP contribution in [0.2, 0.25) is 0 Å². The van der Waals surface area contributed by atoms with Crippen LogP contribution in [0.3, 0.4) is 0 Å². The SMILES string of the molecule is O=C(OC[C@H]1O[C@@H](OC(=O)c2cc(O)c(O)c(O)c2)[C@H](OC(=O)c2cc(O)c(O)c(O)c2)[C@@H](OCc2cc(O)c(OC(=O)c3cc(O)c(O)c(O)c3)c(O)c2)[C@@H]1OC(=O)c1cc(O)c(O)c(O)c1)c1cc(O)c(O)c(O)c1. The van der Waals surface area contributed by atoms with Gasteiger partial charge in [0.1, 0.15) is 18.8 Å². The molecule has 0 bridgehead atoms. The van der Waals surface area contributed by atoms with E-state index in [0.717, 1.165) is 12.1 Å². The van der Waals surface area contributed by atoms with Gasteiger partial charge in [-0.3, -0.25) is 0 Å². The van der Waals surface area contributed by atoms with E-state index in [4.69, 9.17) is 33.2 Å². The van der Waals surface area contributed by atoms with E-state index in [-0.39, 0.29) is 5.56 Å². The summed E-state index contributed by atoms with van der Waals surface area (Å²) >= 11 is 0. The van der Waals surface area contributed by atoms with Crippen LogP contribution in [0.5, 0.6) is 103 Å². The molecule has 1 heterocycles. The van der Waals surface area contributed by atoms with Crippen molar-refractivity contribution >= 4 is 29.8 Å². The molecule has 1 fully saturated rings. The van der Waals surface area contributed by atoms with Gasteiger partial charge in [-0.15, -0.1) is 0 Å². The Labute approximate surface area is 426 Å². The van der Waals surface area contributed by atoms with Gasteiger partial charge in [0.25, 0.3) is 0 Å². The molecule has 0 unspecified atom stereocenters. The Morgan fingerprint density at radius 3 is 1.04 bits per heavy atom. The van der Waals surface area contributed by atoms with Crippen molar-refractivity contribution in [3.05, 3.63) is 106 Å². The Balaban J connectivity index is 1.35. The maximum atomic E-state index is 14.0. The zero-order chi connectivity index (χ0) is 56.5. The van der Waals surface area contributed by atoms with Crippen molar-refractivity contribution < 1.29 is 144 Å². The molecule has 0 saturated carbocycles. The Morgan fingerprint density at radius 2 is 0.675 bits per heavy atom. The van der Waals surface area contributed by atoms with Gasteiger partial charge in [-0.05, 0) is 78.4 Å². The highest BCUT2D eigenvalue weighted by Gasteiger charge is 2.53. The molecule has 0 spiro atoms. The predicted molar refractivity (Wildman–Crippen MR) is 243 cm³/mol. The van der Waals surface area contributed by atoms with Crippen molar-refractivity contribution in [2.75, 3.05) is 6.61 Å². The normalized spacial score (nSPS) is 16.9. The maximum Gasteiger partial charge on any atom is 0.344 e. The lowest BCUT2D eigenvalue weighted by Crippen LogP contribution is -2.63. The van der Waals surface area contributed by atoms with E-state index in [0.29, 0.717) is 60.7 Å². The first-order valence-electron chi connectivity index (χ1n) is 21.3. The molecule has 0 aliphatic carbocycles. The lowest BCUT2D eigenvalue weighted by Gasteiger charge is -2.44. The second-order valence-electron chi connectivity index (χ2n) is 16.2. The van der Waals surface area contributed by atoms with Crippen LogP contribution >= 0.6 is 0 Å². The summed E-state index contributed by atoms with van der Waals surface area (Å²) < 4.78 is 39.4. The summed E-state index contributed by atoms with van der Waals surface area (Å²) in [6.07, 6.45) is -11.6. The van der Waals surface area contributed by atoms with Gasteiger partial charge < -0.3 is 120 Å². The van der Waals surface area contributed by atoms with Crippen molar-refractivity contribution in [3.63, 3.8) is 0 Å². The quantitative estimate of drug-likeness (QED) is 0.0323. The minimum absolute atomic E-state index is 0.332. The molecule has 0 aromatic heterocycles. The topological polar surface area (TPSA) is 494 Å². The summed E-state index contributed by atoms with van der Waals surface area (Å²) in [6.45, 7) is -2.21. The van der Waals surface area contributed by atoms with Gasteiger partial charge in [0.2, 0.25) is 12.0 Å². The molecule has 77 heavy (non-hydrogen) atoms. The number of ether oxygens (including phenoxy) is 7. The summed E-state index contributed by atoms with van der Waals surface area (Å²) in [5.41, 5.74) is -3.90. The van der Waals surface area contributed by atoms with Gasteiger partial charge in [-0.2, -0.15) is 0 Å². The fourth-order valence-electron chi connectivity index (χ4n) is 7.16. The largest absolute Gasteiger partial charge is 0.504 e. The van der Waals surface area contributed by atoms with Crippen LogP contribution in [-0.2, 0) is 35.0 Å². The minimum Gasteiger partial charge on any atom is -0.504 e. The first kappa shape index (κ1) is 54.0. The van der Waals surface area contributed by atoms with E-state index >= 15 is 0 Å². The van der Waals surface area contributed by atoms with Crippen LogP contribution in [0.1, 0.15) is 57.4 Å². The number of hydrogen-bond donors (Lipinski definition) is 17. The van der Waals surface area contributed by atoms with Crippen LogP contribution < -0.4 is 4.74 Å². The van der Waals surface area contributed by atoms with Crippen LogP contribution in [0.15, 0.2) is 72.8 Å². The molecule has 29 nitrogen and oxygen atoms in total. The number of rotatable bonds is 14. The highest BCUT2D eigenvalue weighted by molar-refractivity contribution is 5.95. The summed E-state index contributed by atoms with van der Waals surface area (Å²) in [4.78, 5) is 68.2. The number of esters is 5. The predicted octanol–water partition coefficient (Wildman–Crippen LogP) is 2.68. The molecule has 0 radical (unpaired) electrons. The smallest absolute Gasteiger partial charge is 0.344 e. The average Bonchev–Trinajstić information content (AvgIpc) is 3.37. The van der Waals surface area contributed by atoms with E-state index in [9.17, 15) is 111 Å². The number of phenols is 17. The van der Waals surface area contributed by atoms with Gasteiger partial charge in [0.05, 0.1) is 34.4 Å². The Morgan fingerprint density at radius 1 is 0.364 bits per heavy atom. The first-order valence-corrected chi connectivity index (χ1v) is 21.3. The van der Waals surface area contributed by atoms with E-state index in [1.54, 1.807) is 0 Å². The highest BCUT2D eigenvalue weighted by Crippen LogP contribution is 2.43. The summed E-state index contributed by atoms with van der Waals surface area (Å²) in [5.74, 6) is -26.6. The Hall–Kier alpha value is -10.8. The second-order valence-corrected chi connectivity index (χ2v) is 16.2. The maximum absolute atomic E-state index is 14.0. The lowest BCUT2D eigenvalue weighted by molar-refractivity contribution is -0.292. The molecule has 1 aliphatic heterocycles. The van der Waals surface area contributed by atoms with Crippen molar-refractivity contribution in [1.82, 2.24) is 0 Å². The molecule has 6 aromatic rings. The third kappa shape index (κ3) is 11.4. The van der Waals surface area contributed by atoms with Crippen LogP contribution in [0.25, 0.3) is 0 Å². The third-order valence-corrected chi connectivity index (χ3v) is 11.0. The summed E-state index contributed by atoms with van der Waals surface area (Å²) in [6, 6.07) is 7.59. The van der Waals surface area contributed by atoms with Crippen LogP contribution in [0.4, 0.5) is 0 Å². The van der Waals surface area contributed by atoms with E-state index in [1.807, 2.05) is 0 Å². The van der Waals surface area contributed by atoms with Crippen molar-refractivity contribution in [2.24, 2.45) is 0 Å². The molecular weight excluding hydrogens is 1040 g/mol. The Kier molecular flexibility index (Phi) is 15.0. The summed E-state index contributed by atoms with van der Waals surface area (Å²) in [7, 11) is 0. The molecule has 7 rings (SSSR count). The van der Waals surface area contributed by atoms with Gasteiger partial charge >= 0.3 is 29.8 Å². The number of carbonyl (C=O) groups is 5. The van der Waals surface area contributed by atoms with Gasteiger partial charge in [-0.1, -0.05) is 0 Å². The number of benzene rings is 6. The average molecular weight is 1080 g/mol. The standard InChI is InChI=1S/C48H38O29/c49-21-3-16(4-22(50)34(21)61)43(66)72-14-33-40(75-45(68)18-7-25(53)36(63)26(54)8-18)41(71-13-15-1-31(59)39(32(60)2-15)74-44(67)17-5-23(51)35(62)24(52)6-17)42(76-46(69)19-9-27(55)37(64)28(56)10-19)48(73-33)77-47(70)20-11-29(57)38(65)30(58)12-20/h1-12,33,40-42,48-65H,13-14H2/t33-,40-,41+,42-,48+/m1/s1. The molecular formula is C48H38O29. The zero-order valence-corrected chi connectivity index (χ0v) is 38.2. The van der Waals surface area contributed by atoms with E-state index in [2.05, 4.69) is 0 Å². The van der Waals surface area contributed by atoms with Crippen molar-refractivity contribution in [1.29, 1.82) is 0 Å². The number of carbonyl (C=O) groups excluding carboxylic acids is 5. The molecule has 6 aromatic carbocycles. The Bertz CT molecular complexity index is 3230.